The number of anilines is 1. The molecule has 2 amide bonds. The number of ether oxygens (including phenoxy) is 1. The van der Waals surface area contributed by atoms with Crippen molar-refractivity contribution in [3.63, 3.8) is 0 Å². The Balaban J connectivity index is 1.98. The Labute approximate surface area is 235 Å². The van der Waals surface area contributed by atoms with E-state index in [2.05, 4.69) is 5.32 Å². The smallest absolute Gasteiger partial charge is 0.264 e. The highest BCUT2D eigenvalue weighted by atomic mass is 32.2. The quantitative estimate of drug-likeness (QED) is 0.310. The SMILES string of the molecule is CCOc1ccc(N(CC(=O)N(CCc2ccccc2)C(C)C(=O)NC)S(=O)(=O)c2ccc(SC)cc2)cc1. The van der Waals surface area contributed by atoms with Gasteiger partial charge in [-0.2, -0.15) is 0 Å². The van der Waals surface area contributed by atoms with Gasteiger partial charge in [0.1, 0.15) is 18.3 Å². The Morgan fingerprint density at radius 2 is 1.62 bits per heavy atom. The second kappa shape index (κ2) is 14.0. The average molecular weight is 570 g/mol. The fraction of sp³-hybridized carbons (Fsp3) is 0.310. The van der Waals surface area contributed by atoms with E-state index in [1.54, 1.807) is 43.3 Å². The highest BCUT2D eigenvalue weighted by Crippen LogP contribution is 2.27. The number of hydrogen-bond donors (Lipinski definition) is 1. The van der Waals surface area contributed by atoms with Crippen LogP contribution in [-0.2, 0) is 26.0 Å². The van der Waals surface area contributed by atoms with Crippen molar-refractivity contribution < 1.29 is 22.7 Å². The molecule has 0 aromatic heterocycles. The molecule has 39 heavy (non-hydrogen) atoms. The molecule has 208 valence electrons. The van der Waals surface area contributed by atoms with Gasteiger partial charge in [-0.3, -0.25) is 13.9 Å². The Bertz CT molecular complexity index is 1330. The minimum Gasteiger partial charge on any atom is -0.494 e. The number of carbonyl (C=O) groups excluding carboxylic acids is 2. The van der Waals surface area contributed by atoms with Gasteiger partial charge in [0.15, 0.2) is 0 Å². The summed E-state index contributed by atoms with van der Waals surface area (Å²) in [5.74, 6) is -0.230. The van der Waals surface area contributed by atoms with Crippen molar-refractivity contribution in [1.82, 2.24) is 10.2 Å². The number of carbonyl (C=O) groups is 2. The molecule has 3 aromatic carbocycles. The van der Waals surface area contributed by atoms with Crippen molar-refractivity contribution in [3.05, 3.63) is 84.4 Å². The molecule has 3 aromatic rings. The zero-order chi connectivity index (χ0) is 28.4. The van der Waals surface area contributed by atoms with Crippen molar-refractivity contribution in [2.45, 2.75) is 36.1 Å². The Morgan fingerprint density at radius 3 is 2.18 bits per heavy atom. The highest BCUT2D eigenvalue weighted by molar-refractivity contribution is 7.98. The van der Waals surface area contributed by atoms with Crippen LogP contribution in [-0.4, -0.2) is 64.2 Å². The van der Waals surface area contributed by atoms with Crippen LogP contribution in [0, 0.1) is 0 Å². The molecule has 0 aliphatic rings. The van der Waals surface area contributed by atoms with E-state index in [1.807, 2.05) is 43.5 Å². The van der Waals surface area contributed by atoms with E-state index >= 15 is 0 Å². The third-order valence-electron chi connectivity index (χ3n) is 6.26. The Morgan fingerprint density at radius 1 is 0.974 bits per heavy atom. The van der Waals surface area contributed by atoms with E-state index in [-0.39, 0.29) is 17.3 Å². The number of nitrogens with zero attached hydrogens (tertiary/aromatic N) is 2. The first-order valence-corrected chi connectivity index (χ1v) is 15.3. The molecule has 0 spiro atoms. The summed E-state index contributed by atoms with van der Waals surface area (Å²) in [7, 11) is -2.61. The minimum atomic E-state index is -4.12. The van der Waals surface area contributed by atoms with Crippen LogP contribution in [0.4, 0.5) is 5.69 Å². The summed E-state index contributed by atoms with van der Waals surface area (Å²) < 4.78 is 34.4. The zero-order valence-corrected chi connectivity index (χ0v) is 24.3. The van der Waals surface area contributed by atoms with E-state index in [0.29, 0.717) is 24.5 Å². The summed E-state index contributed by atoms with van der Waals surface area (Å²) >= 11 is 1.50. The first-order valence-electron chi connectivity index (χ1n) is 12.7. The molecule has 0 fully saturated rings. The van der Waals surface area contributed by atoms with Gasteiger partial charge in [-0.25, -0.2) is 8.42 Å². The van der Waals surface area contributed by atoms with Crippen molar-refractivity contribution in [2.75, 3.05) is 37.3 Å². The van der Waals surface area contributed by atoms with E-state index < -0.39 is 28.5 Å². The van der Waals surface area contributed by atoms with Crippen molar-refractivity contribution in [1.29, 1.82) is 0 Å². The van der Waals surface area contributed by atoms with Gasteiger partial charge in [0.25, 0.3) is 10.0 Å². The average Bonchev–Trinajstić information content (AvgIpc) is 2.96. The third-order valence-corrected chi connectivity index (χ3v) is 8.79. The van der Waals surface area contributed by atoms with Crippen LogP contribution >= 0.6 is 11.8 Å². The monoisotopic (exact) mass is 569 g/mol. The number of rotatable bonds is 13. The molecule has 10 heteroatoms. The van der Waals surface area contributed by atoms with Gasteiger partial charge in [0.2, 0.25) is 11.8 Å². The number of benzene rings is 3. The number of hydrogen-bond acceptors (Lipinski definition) is 6. The second-order valence-corrected chi connectivity index (χ2v) is 11.5. The summed E-state index contributed by atoms with van der Waals surface area (Å²) in [6, 6.07) is 21.9. The molecule has 0 bridgehead atoms. The van der Waals surface area contributed by atoms with Crippen LogP contribution in [0.2, 0.25) is 0 Å². The molecule has 0 heterocycles. The second-order valence-electron chi connectivity index (χ2n) is 8.73. The van der Waals surface area contributed by atoms with E-state index in [9.17, 15) is 18.0 Å². The van der Waals surface area contributed by atoms with Gasteiger partial charge in [-0.15, -0.1) is 11.8 Å². The molecule has 1 atom stereocenters. The topological polar surface area (TPSA) is 96.0 Å². The summed E-state index contributed by atoms with van der Waals surface area (Å²) in [6.45, 7) is 3.74. The number of amides is 2. The standard InChI is InChI=1S/C29H35N3O5S2/c1-5-37-25-13-11-24(12-14-25)32(39(35,36)27-17-15-26(38-4)16-18-27)21-28(33)31(22(2)29(34)30-3)20-19-23-9-7-6-8-10-23/h6-18,22H,5,19-21H2,1-4H3,(H,30,34). The number of thioether (sulfide) groups is 1. The summed E-state index contributed by atoms with van der Waals surface area (Å²) in [4.78, 5) is 28.7. The number of nitrogens with one attached hydrogen (secondary N) is 1. The van der Waals surface area contributed by atoms with Gasteiger partial charge in [-0.05, 0) is 80.6 Å². The fourth-order valence-electron chi connectivity index (χ4n) is 4.06. The molecule has 0 saturated carbocycles. The molecule has 8 nitrogen and oxygen atoms in total. The van der Waals surface area contributed by atoms with Crippen LogP contribution in [0.25, 0.3) is 0 Å². The predicted molar refractivity (Wildman–Crippen MR) is 156 cm³/mol. The first-order chi connectivity index (χ1) is 18.7. The fourth-order valence-corrected chi connectivity index (χ4v) is 5.88. The number of sulfonamides is 1. The minimum absolute atomic E-state index is 0.0668. The van der Waals surface area contributed by atoms with E-state index in [1.165, 1.54) is 35.8 Å². The number of likely N-dealkylation sites (N-methyl/N-ethyl adjacent to an activating group) is 1. The van der Waals surface area contributed by atoms with Gasteiger partial charge in [-0.1, -0.05) is 30.3 Å². The zero-order valence-electron chi connectivity index (χ0n) is 22.7. The molecular formula is C29H35N3O5S2. The molecule has 3 rings (SSSR count). The van der Waals surface area contributed by atoms with Crippen LogP contribution in [0.1, 0.15) is 19.4 Å². The van der Waals surface area contributed by atoms with Crippen molar-refractivity contribution in [2.24, 2.45) is 0 Å². The molecule has 0 aliphatic carbocycles. The lowest BCUT2D eigenvalue weighted by Gasteiger charge is -2.31. The Kier molecular flexibility index (Phi) is 10.8. The summed E-state index contributed by atoms with van der Waals surface area (Å²) in [5, 5.41) is 2.59. The van der Waals surface area contributed by atoms with Crippen LogP contribution in [0.3, 0.4) is 0 Å². The molecule has 1 N–H and O–H groups in total. The van der Waals surface area contributed by atoms with E-state index in [0.717, 1.165) is 14.8 Å². The van der Waals surface area contributed by atoms with Crippen LogP contribution in [0.5, 0.6) is 5.75 Å². The largest absolute Gasteiger partial charge is 0.494 e. The lowest BCUT2D eigenvalue weighted by atomic mass is 10.1. The lowest BCUT2D eigenvalue weighted by Crippen LogP contribution is -2.51. The van der Waals surface area contributed by atoms with Gasteiger partial charge in [0, 0.05) is 18.5 Å². The van der Waals surface area contributed by atoms with Gasteiger partial charge >= 0.3 is 0 Å². The van der Waals surface area contributed by atoms with Crippen LogP contribution < -0.4 is 14.4 Å². The highest BCUT2D eigenvalue weighted by Gasteiger charge is 2.32. The van der Waals surface area contributed by atoms with Crippen LogP contribution in [0.15, 0.2) is 88.7 Å². The molecular weight excluding hydrogens is 534 g/mol. The normalized spacial score (nSPS) is 11.9. The van der Waals surface area contributed by atoms with Crippen molar-refractivity contribution in [3.8, 4) is 5.75 Å². The molecule has 0 saturated heterocycles. The maximum atomic E-state index is 13.9. The van der Waals surface area contributed by atoms with Gasteiger partial charge in [0.05, 0.1) is 17.2 Å². The third kappa shape index (κ3) is 7.77. The van der Waals surface area contributed by atoms with Crippen molar-refractivity contribution >= 4 is 39.3 Å². The molecule has 0 aliphatic heterocycles. The van der Waals surface area contributed by atoms with Gasteiger partial charge < -0.3 is 15.0 Å². The molecule has 1 unspecified atom stereocenters. The summed E-state index contributed by atoms with van der Waals surface area (Å²) in [6.07, 6.45) is 2.42. The predicted octanol–water partition coefficient (Wildman–Crippen LogP) is 4.21. The first kappa shape index (κ1) is 30.0. The van der Waals surface area contributed by atoms with E-state index in [4.69, 9.17) is 4.74 Å². The maximum absolute atomic E-state index is 13.9. The maximum Gasteiger partial charge on any atom is 0.264 e. The summed E-state index contributed by atoms with van der Waals surface area (Å²) in [5.41, 5.74) is 1.32. The molecule has 0 radical (unpaired) electrons. The Hall–Kier alpha value is -3.50. The lowest BCUT2D eigenvalue weighted by molar-refractivity contribution is -0.138.